The predicted octanol–water partition coefficient (Wildman–Crippen LogP) is 2.31. The number of alkyl halides is 1. The standard InChI is InChI=1S/C11H14BrN5/c1-8(12)11-6-16(15-14-11)5-10-4-13-7-17(10)9-2-3-9/h4,6-9H,2-3,5H2,1H3. The number of halogens is 1. The fourth-order valence-electron chi connectivity index (χ4n) is 1.87. The molecule has 3 rings (SSSR count). The second kappa shape index (κ2) is 4.25. The first-order chi connectivity index (χ1) is 8.24. The Labute approximate surface area is 108 Å². The summed E-state index contributed by atoms with van der Waals surface area (Å²) in [4.78, 5) is 4.45. The van der Waals surface area contributed by atoms with E-state index in [1.807, 2.05) is 30.3 Å². The van der Waals surface area contributed by atoms with E-state index in [9.17, 15) is 0 Å². The maximum atomic E-state index is 4.21. The Morgan fingerprint density at radius 3 is 3.00 bits per heavy atom. The molecule has 5 nitrogen and oxygen atoms in total. The number of aromatic nitrogens is 5. The van der Waals surface area contributed by atoms with Gasteiger partial charge in [-0.05, 0) is 19.8 Å². The van der Waals surface area contributed by atoms with Gasteiger partial charge in [-0.25, -0.2) is 9.67 Å². The lowest BCUT2D eigenvalue weighted by Gasteiger charge is -2.05. The second-order valence-electron chi connectivity index (χ2n) is 4.48. The minimum absolute atomic E-state index is 0.240. The number of rotatable bonds is 4. The average molecular weight is 296 g/mol. The van der Waals surface area contributed by atoms with E-state index in [0.717, 1.165) is 12.2 Å². The first-order valence-corrected chi connectivity index (χ1v) is 6.70. The molecule has 17 heavy (non-hydrogen) atoms. The van der Waals surface area contributed by atoms with E-state index in [1.54, 1.807) is 0 Å². The van der Waals surface area contributed by atoms with E-state index >= 15 is 0 Å². The second-order valence-corrected chi connectivity index (χ2v) is 5.85. The minimum Gasteiger partial charge on any atom is -0.330 e. The van der Waals surface area contributed by atoms with E-state index in [0.29, 0.717) is 6.04 Å². The molecule has 0 bridgehead atoms. The van der Waals surface area contributed by atoms with Gasteiger partial charge < -0.3 is 4.57 Å². The van der Waals surface area contributed by atoms with Crippen LogP contribution in [0.15, 0.2) is 18.7 Å². The van der Waals surface area contributed by atoms with Crippen molar-refractivity contribution in [2.45, 2.75) is 37.2 Å². The van der Waals surface area contributed by atoms with Gasteiger partial charge in [-0.3, -0.25) is 0 Å². The molecule has 1 aliphatic rings. The van der Waals surface area contributed by atoms with Crippen LogP contribution in [-0.4, -0.2) is 24.5 Å². The molecule has 0 aromatic carbocycles. The van der Waals surface area contributed by atoms with Crippen molar-refractivity contribution >= 4 is 15.9 Å². The smallest absolute Gasteiger partial charge is 0.0960 e. The summed E-state index contributed by atoms with van der Waals surface area (Å²) in [5.74, 6) is 0. The van der Waals surface area contributed by atoms with Crippen LogP contribution in [-0.2, 0) is 6.54 Å². The molecule has 1 saturated carbocycles. The Morgan fingerprint density at radius 2 is 2.35 bits per heavy atom. The Hall–Kier alpha value is -1.17. The van der Waals surface area contributed by atoms with Crippen molar-refractivity contribution in [1.29, 1.82) is 0 Å². The molecule has 2 heterocycles. The first kappa shape index (κ1) is 11.0. The molecule has 6 heteroatoms. The lowest BCUT2D eigenvalue weighted by molar-refractivity contribution is 0.597. The molecule has 1 unspecified atom stereocenters. The molecule has 0 spiro atoms. The van der Waals surface area contributed by atoms with E-state index < -0.39 is 0 Å². The number of hydrogen-bond acceptors (Lipinski definition) is 3. The van der Waals surface area contributed by atoms with Crippen LogP contribution in [0.5, 0.6) is 0 Å². The lowest BCUT2D eigenvalue weighted by Crippen LogP contribution is -2.06. The van der Waals surface area contributed by atoms with E-state index in [2.05, 4.69) is 35.8 Å². The summed E-state index contributed by atoms with van der Waals surface area (Å²) in [6, 6.07) is 0.658. The molecular formula is C11H14BrN5. The zero-order valence-corrected chi connectivity index (χ0v) is 11.2. The van der Waals surface area contributed by atoms with Gasteiger partial charge in [0.2, 0.25) is 0 Å². The van der Waals surface area contributed by atoms with Gasteiger partial charge in [0.05, 0.1) is 41.5 Å². The molecule has 0 saturated heterocycles. The number of imidazole rings is 1. The van der Waals surface area contributed by atoms with E-state index in [4.69, 9.17) is 0 Å². The first-order valence-electron chi connectivity index (χ1n) is 5.79. The highest BCUT2D eigenvalue weighted by atomic mass is 79.9. The van der Waals surface area contributed by atoms with Crippen LogP contribution in [0.4, 0.5) is 0 Å². The fourth-order valence-corrected chi connectivity index (χ4v) is 2.08. The Bertz CT molecular complexity index is 511. The van der Waals surface area contributed by atoms with Crippen LogP contribution in [0.3, 0.4) is 0 Å². The van der Waals surface area contributed by atoms with Gasteiger partial charge in [-0.15, -0.1) is 5.10 Å². The topological polar surface area (TPSA) is 48.5 Å². The van der Waals surface area contributed by atoms with Crippen LogP contribution in [0.2, 0.25) is 0 Å². The molecule has 0 N–H and O–H groups in total. The predicted molar refractivity (Wildman–Crippen MR) is 67.0 cm³/mol. The van der Waals surface area contributed by atoms with Crippen LogP contribution < -0.4 is 0 Å². The molecule has 90 valence electrons. The Morgan fingerprint density at radius 1 is 1.53 bits per heavy atom. The summed E-state index contributed by atoms with van der Waals surface area (Å²) in [6.45, 7) is 2.78. The van der Waals surface area contributed by atoms with Crippen molar-refractivity contribution in [3.05, 3.63) is 30.1 Å². The summed E-state index contributed by atoms with van der Waals surface area (Å²) in [6.07, 6.45) is 8.34. The third-order valence-corrected chi connectivity index (χ3v) is 3.44. The van der Waals surface area contributed by atoms with Gasteiger partial charge in [0.15, 0.2) is 0 Å². The largest absolute Gasteiger partial charge is 0.330 e. The summed E-state index contributed by atoms with van der Waals surface area (Å²) in [5.41, 5.74) is 2.16. The van der Waals surface area contributed by atoms with Gasteiger partial charge in [-0.2, -0.15) is 0 Å². The zero-order chi connectivity index (χ0) is 11.8. The molecular weight excluding hydrogens is 282 g/mol. The van der Waals surface area contributed by atoms with Gasteiger partial charge in [0, 0.05) is 6.04 Å². The van der Waals surface area contributed by atoms with Gasteiger partial charge in [0.25, 0.3) is 0 Å². The van der Waals surface area contributed by atoms with Crippen molar-refractivity contribution < 1.29 is 0 Å². The van der Waals surface area contributed by atoms with E-state index in [1.165, 1.54) is 18.5 Å². The molecule has 0 radical (unpaired) electrons. The molecule has 1 aliphatic carbocycles. The monoisotopic (exact) mass is 295 g/mol. The highest BCUT2D eigenvalue weighted by Crippen LogP contribution is 2.35. The fraction of sp³-hybridized carbons (Fsp3) is 0.545. The maximum absolute atomic E-state index is 4.21. The highest BCUT2D eigenvalue weighted by Gasteiger charge is 2.25. The lowest BCUT2D eigenvalue weighted by atomic mass is 10.4. The molecule has 1 atom stereocenters. The summed E-state index contributed by atoms with van der Waals surface area (Å²) in [7, 11) is 0. The van der Waals surface area contributed by atoms with Gasteiger partial charge in [0.1, 0.15) is 0 Å². The normalized spacial score (nSPS) is 17.3. The van der Waals surface area contributed by atoms with Crippen molar-refractivity contribution in [3.8, 4) is 0 Å². The highest BCUT2D eigenvalue weighted by molar-refractivity contribution is 9.09. The summed E-state index contributed by atoms with van der Waals surface area (Å²) < 4.78 is 4.11. The Kier molecular flexibility index (Phi) is 2.74. The Balaban J connectivity index is 1.78. The molecule has 2 aromatic heterocycles. The zero-order valence-electron chi connectivity index (χ0n) is 9.62. The summed E-state index contributed by atoms with van der Waals surface area (Å²) in [5, 5.41) is 8.25. The van der Waals surface area contributed by atoms with Crippen LogP contribution in [0, 0.1) is 0 Å². The number of nitrogens with zero attached hydrogens (tertiary/aromatic N) is 5. The third-order valence-electron chi connectivity index (χ3n) is 2.97. The molecule has 0 aliphatic heterocycles. The minimum atomic E-state index is 0.240. The van der Waals surface area contributed by atoms with Gasteiger partial charge in [-0.1, -0.05) is 21.1 Å². The molecule has 1 fully saturated rings. The average Bonchev–Trinajstić information content (AvgIpc) is 2.86. The van der Waals surface area contributed by atoms with Crippen LogP contribution in [0.1, 0.15) is 42.0 Å². The number of hydrogen-bond donors (Lipinski definition) is 0. The quantitative estimate of drug-likeness (QED) is 0.813. The third kappa shape index (κ3) is 2.26. The van der Waals surface area contributed by atoms with Gasteiger partial charge >= 0.3 is 0 Å². The molecule has 0 amide bonds. The SMILES string of the molecule is CC(Br)c1cn(Cc2cncn2C2CC2)nn1. The molecule has 2 aromatic rings. The van der Waals surface area contributed by atoms with Crippen LogP contribution >= 0.6 is 15.9 Å². The maximum Gasteiger partial charge on any atom is 0.0960 e. The van der Waals surface area contributed by atoms with E-state index in [-0.39, 0.29) is 4.83 Å². The van der Waals surface area contributed by atoms with Crippen LogP contribution in [0.25, 0.3) is 0 Å². The van der Waals surface area contributed by atoms with Crippen molar-refractivity contribution in [2.24, 2.45) is 0 Å². The van der Waals surface area contributed by atoms with Crippen molar-refractivity contribution in [1.82, 2.24) is 24.5 Å². The van der Waals surface area contributed by atoms with Crippen molar-refractivity contribution in [2.75, 3.05) is 0 Å². The van der Waals surface area contributed by atoms with Crippen molar-refractivity contribution in [3.63, 3.8) is 0 Å². The summed E-state index contributed by atoms with van der Waals surface area (Å²) >= 11 is 3.49.